The number of halogens is 1. The van der Waals surface area contributed by atoms with E-state index in [-0.39, 0.29) is 23.2 Å². The molecule has 0 heterocycles. The van der Waals surface area contributed by atoms with Crippen LogP contribution >= 0.6 is 11.6 Å². The lowest BCUT2D eigenvalue weighted by Crippen LogP contribution is -2.38. The first-order chi connectivity index (χ1) is 9.56. The highest BCUT2D eigenvalue weighted by Gasteiger charge is 2.42. The Balaban J connectivity index is 1.82. The molecule has 1 aromatic carbocycles. The summed E-state index contributed by atoms with van der Waals surface area (Å²) in [7, 11) is 0. The largest absolute Gasteiger partial charge is 0.349 e. The summed E-state index contributed by atoms with van der Waals surface area (Å²) >= 11 is 5.85. The summed E-state index contributed by atoms with van der Waals surface area (Å²) in [5, 5.41) is 14.3. The van der Waals surface area contributed by atoms with Crippen molar-refractivity contribution in [3.05, 3.63) is 38.9 Å². The highest BCUT2D eigenvalue weighted by Crippen LogP contribution is 2.44. The molecule has 3 rings (SSSR count). The second-order valence-corrected chi connectivity index (χ2v) is 6.03. The van der Waals surface area contributed by atoms with Gasteiger partial charge < -0.3 is 5.32 Å². The molecule has 6 heteroatoms. The number of carbonyl (C=O) groups is 1. The van der Waals surface area contributed by atoms with Crippen LogP contribution in [0.2, 0.25) is 5.02 Å². The Bertz CT molecular complexity index is 556. The molecule has 0 aromatic heterocycles. The van der Waals surface area contributed by atoms with Crippen molar-refractivity contribution in [2.45, 2.75) is 31.7 Å². The molecule has 20 heavy (non-hydrogen) atoms. The summed E-state index contributed by atoms with van der Waals surface area (Å²) in [6.07, 6.45) is 4.55. The molecular formula is C14H15ClN2O3. The molecule has 1 aromatic rings. The fourth-order valence-corrected chi connectivity index (χ4v) is 2.78. The summed E-state index contributed by atoms with van der Waals surface area (Å²) < 4.78 is 0. The molecule has 106 valence electrons. The minimum absolute atomic E-state index is 0.0498. The standard InChI is InChI=1S/C14H15ClN2O3/c15-10-5-6-12(17(19)20)11(7-10)14(18)16-13(8-1-2-8)9-3-4-9/h5-9,13H,1-4H2,(H,16,18). The molecule has 2 aliphatic rings. The van der Waals surface area contributed by atoms with E-state index in [2.05, 4.69) is 5.32 Å². The van der Waals surface area contributed by atoms with E-state index in [1.165, 1.54) is 18.2 Å². The zero-order valence-electron chi connectivity index (χ0n) is 10.8. The highest BCUT2D eigenvalue weighted by atomic mass is 35.5. The Morgan fingerprint density at radius 3 is 2.40 bits per heavy atom. The van der Waals surface area contributed by atoms with Gasteiger partial charge in [-0.05, 0) is 49.7 Å². The lowest BCUT2D eigenvalue weighted by molar-refractivity contribution is -0.385. The van der Waals surface area contributed by atoms with Crippen molar-refractivity contribution in [2.24, 2.45) is 11.8 Å². The van der Waals surface area contributed by atoms with Crippen LogP contribution in [0.15, 0.2) is 18.2 Å². The summed E-state index contributed by atoms with van der Waals surface area (Å²) in [6, 6.07) is 4.24. The predicted octanol–water partition coefficient (Wildman–Crippen LogP) is 3.17. The third kappa shape index (κ3) is 2.77. The smallest absolute Gasteiger partial charge is 0.282 e. The fourth-order valence-electron chi connectivity index (χ4n) is 2.61. The average molecular weight is 295 g/mol. The van der Waals surface area contributed by atoms with Crippen LogP contribution in [0.5, 0.6) is 0 Å². The monoisotopic (exact) mass is 294 g/mol. The van der Waals surface area contributed by atoms with Gasteiger partial charge in [-0.1, -0.05) is 11.6 Å². The van der Waals surface area contributed by atoms with Gasteiger partial charge in [-0.15, -0.1) is 0 Å². The van der Waals surface area contributed by atoms with Crippen molar-refractivity contribution in [1.29, 1.82) is 0 Å². The number of nitrogens with one attached hydrogen (secondary N) is 1. The molecule has 2 fully saturated rings. The second kappa shape index (κ2) is 5.05. The van der Waals surface area contributed by atoms with E-state index in [1.807, 2.05) is 0 Å². The van der Waals surface area contributed by atoms with Crippen molar-refractivity contribution in [2.75, 3.05) is 0 Å². The number of nitrogens with zero attached hydrogens (tertiary/aromatic N) is 1. The number of hydrogen-bond acceptors (Lipinski definition) is 3. The van der Waals surface area contributed by atoms with Gasteiger partial charge in [-0.2, -0.15) is 0 Å². The molecular weight excluding hydrogens is 280 g/mol. The van der Waals surface area contributed by atoms with Crippen LogP contribution in [0.4, 0.5) is 5.69 Å². The average Bonchev–Trinajstić information content (AvgIpc) is 3.28. The second-order valence-electron chi connectivity index (χ2n) is 5.59. The Labute approximate surface area is 121 Å². The fraction of sp³-hybridized carbons (Fsp3) is 0.500. The van der Waals surface area contributed by atoms with Crippen LogP contribution in [0, 0.1) is 22.0 Å². The molecule has 5 nitrogen and oxygen atoms in total. The summed E-state index contributed by atoms with van der Waals surface area (Å²) in [6.45, 7) is 0. The van der Waals surface area contributed by atoms with Crippen LogP contribution in [-0.4, -0.2) is 16.9 Å². The van der Waals surface area contributed by atoms with E-state index >= 15 is 0 Å². The number of hydrogen-bond donors (Lipinski definition) is 1. The quantitative estimate of drug-likeness (QED) is 0.669. The van der Waals surface area contributed by atoms with Crippen molar-refractivity contribution >= 4 is 23.2 Å². The maximum absolute atomic E-state index is 12.3. The van der Waals surface area contributed by atoms with E-state index < -0.39 is 4.92 Å². The summed E-state index contributed by atoms with van der Waals surface area (Å²) in [4.78, 5) is 22.8. The Hall–Kier alpha value is -1.62. The Kier molecular flexibility index (Phi) is 3.38. The predicted molar refractivity (Wildman–Crippen MR) is 74.8 cm³/mol. The van der Waals surface area contributed by atoms with Gasteiger partial charge in [0.2, 0.25) is 0 Å². The SMILES string of the molecule is O=C(NC(C1CC1)C1CC1)c1cc(Cl)ccc1[N+](=O)[O-]. The molecule has 0 atom stereocenters. The number of rotatable bonds is 5. The summed E-state index contributed by atoms with van der Waals surface area (Å²) in [5.74, 6) is 0.706. The molecule has 0 radical (unpaired) electrons. The lowest BCUT2D eigenvalue weighted by atomic mass is 10.1. The van der Waals surface area contributed by atoms with E-state index in [0.29, 0.717) is 16.9 Å². The molecule has 1 N–H and O–H groups in total. The molecule has 0 bridgehead atoms. The first-order valence-corrected chi connectivity index (χ1v) is 7.19. The van der Waals surface area contributed by atoms with E-state index in [1.54, 1.807) is 0 Å². The first-order valence-electron chi connectivity index (χ1n) is 6.81. The van der Waals surface area contributed by atoms with Gasteiger partial charge in [-0.3, -0.25) is 14.9 Å². The van der Waals surface area contributed by atoms with Gasteiger partial charge in [0.1, 0.15) is 5.56 Å². The molecule has 0 spiro atoms. The van der Waals surface area contributed by atoms with Crippen molar-refractivity contribution in [3.8, 4) is 0 Å². The van der Waals surface area contributed by atoms with E-state index in [9.17, 15) is 14.9 Å². The normalized spacial score (nSPS) is 18.1. The minimum Gasteiger partial charge on any atom is -0.349 e. The van der Waals surface area contributed by atoms with E-state index in [4.69, 9.17) is 11.6 Å². The lowest BCUT2D eigenvalue weighted by Gasteiger charge is -2.17. The number of carbonyl (C=O) groups excluding carboxylic acids is 1. The van der Waals surface area contributed by atoms with Gasteiger partial charge in [0.25, 0.3) is 11.6 Å². The summed E-state index contributed by atoms with van der Waals surface area (Å²) in [5.41, 5.74) is -0.147. The van der Waals surface area contributed by atoms with Crippen molar-refractivity contribution in [3.63, 3.8) is 0 Å². The number of nitro benzene ring substituents is 1. The van der Waals surface area contributed by atoms with Gasteiger partial charge in [-0.25, -0.2) is 0 Å². The van der Waals surface area contributed by atoms with Crippen LogP contribution in [-0.2, 0) is 0 Å². The van der Waals surface area contributed by atoms with Gasteiger partial charge >= 0.3 is 0 Å². The third-order valence-electron chi connectivity index (χ3n) is 3.96. The zero-order valence-corrected chi connectivity index (χ0v) is 11.6. The maximum Gasteiger partial charge on any atom is 0.282 e. The number of nitro groups is 1. The zero-order chi connectivity index (χ0) is 14.3. The molecule has 0 saturated heterocycles. The molecule has 0 unspecified atom stereocenters. The molecule has 0 aliphatic heterocycles. The molecule has 2 saturated carbocycles. The van der Waals surface area contributed by atoms with Crippen molar-refractivity contribution < 1.29 is 9.72 Å². The third-order valence-corrected chi connectivity index (χ3v) is 4.19. The van der Waals surface area contributed by atoms with Crippen LogP contribution in [0.1, 0.15) is 36.0 Å². The Morgan fingerprint density at radius 2 is 1.90 bits per heavy atom. The van der Waals surface area contributed by atoms with Crippen LogP contribution in [0.3, 0.4) is 0 Å². The van der Waals surface area contributed by atoms with Crippen molar-refractivity contribution in [1.82, 2.24) is 5.32 Å². The minimum atomic E-state index is -0.547. The molecule has 1 amide bonds. The van der Waals surface area contributed by atoms with Crippen LogP contribution < -0.4 is 5.32 Å². The topological polar surface area (TPSA) is 72.2 Å². The number of amides is 1. The van der Waals surface area contributed by atoms with Crippen LogP contribution in [0.25, 0.3) is 0 Å². The van der Waals surface area contributed by atoms with Gasteiger partial charge in [0, 0.05) is 17.1 Å². The van der Waals surface area contributed by atoms with Gasteiger partial charge in [0.05, 0.1) is 4.92 Å². The highest BCUT2D eigenvalue weighted by molar-refractivity contribution is 6.31. The van der Waals surface area contributed by atoms with E-state index in [0.717, 1.165) is 25.7 Å². The Morgan fingerprint density at radius 1 is 1.30 bits per heavy atom. The number of benzene rings is 1. The molecule has 2 aliphatic carbocycles. The van der Waals surface area contributed by atoms with Gasteiger partial charge in [0.15, 0.2) is 0 Å². The first kappa shape index (κ1) is 13.4. The maximum atomic E-state index is 12.3.